The van der Waals surface area contributed by atoms with Gasteiger partial charge in [-0.05, 0) is 25.1 Å². The summed E-state index contributed by atoms with van der Waals surface area (Å²) >= 11 is 0. The third kappa shape index (κ3) is 4.65. The Morgan fingerprint density at radius 3 is 2.76 bits per heavy atom. The second kappa shape index (κ2) is 6.50. The molecule has 0 aliphatic heterocycles. The van der Waals surface area contributed by atoms with Crippen LogP contribution in [0.5, 0.6) is 0 Å². The Bertz CT molecular complexity index is 378. The summed E-state index contributed by atoms with van der Waals surface area (Å²) in [6, 6.07) is 5.86. The van der Waals surface area contributed by atoms with Gasteiger partial charge in [-0.3, -0.25) is 9.69 Å². The average Bonchev–Trinajstić information content (AvgIpc) is 2.28. The molecule has 0 heterocycles. The van der Waals surface area contributed by atoms with E-state index in [1.807, 2.05) is 11.9 Å². The molecule has 0 radical (unpaired) electrons. The van der Waals surface area contributed by atoms with Crippen molar-refractivity contribution < 1.29 is 9.18 Å². The van der Waals surface area contributed by atoms with Crippen LogP contribution in [-0.4, -0.2) is 30.8 Å². The summed E-state index contributed by atoms with van der Waals surface area (Å²) in [5, 5.41) is 0. The summed E-state index contributed by atoms with van der Waals surface area (Å²) < 4.78 is 13.0. The second-order valence-corrected chi connectivity index (χ2v) is 4.64. The average molecular weight is 237 g/mol. The van der Waals surface area contributed by atoms with Gasteiger partial charge in [0.25, 0.3) is 0 Å². The maximum Gasteiger partial charge on any atom is 0.176 e. The smallest absolute Gasteiger partial charge is 0.176 e. The number of carbonyl (C=O) groups excluding carboxylic acids is 1. The van der Waals surface area contributed by atoms with Gasteiger partial charge in [0.15, 0.2) is 5.78 Å². The van der Waals surface area contributed by atoms with E-state index in [9.17, 15) is 9.18 Å². The summed E-state index contributed by atoms with van der Waals surface area (Å²) in [7, 11) is 1.92. The number of halogens is 1. The van der Waals surface area contributed by atoms with E-state index in [-0.39, 0.29) is 11.6 Å². The SMILES string of the molecule is CCC(C)CN(C)CC(=O)c1cccc(F)c1. The highest BCUT2D eigenvalue weighted by Gasteiger charge is 2.11. The Kier molecular flexibility index (Phi) is 5.29. The number of hydrogen-bond acceptors (Lipinski definition) is 2. The lowest BCUT2D eigenvalue weighted by molar-refractivity contribution is 0.0938. The van der Waals surface area contributed by atoms with Crippen molar-refractivity contribution in [3.63, 3.8) is 0 Å². The highest BCUT2D eigenvalue weighted by atomic mass is 19.1. The number of carbonyl (C=O) groups is 1. The number of hydrogen-bond donors (Lipinski definition) is 0. The first kappa shape index (κ1) is 13.8. The van der Waals surface area contributed by atoms with Crippen LogP contribution >= 0.6 is 0 Å². The largest absolute Gasteiger partial charge is 0.299 e. The zero-order chi connectivity index (χ0) is 12.8. The van der Waals surface area contributed by atoms with E-state index < -0.39 is 0 Å². The van der Waals surface area contributed by atoms with E-state index in [1.165, 1.54) is 12.1 Å². The van der Waals surface area contributed by atoms with Crippen molar-refractivity contribution >= 4 is 5.78 Å². The van der Waals surface area contributed by atoms with Crippen molar-refractivity contribution in [1.29, 1.82) is 0 Å². The lowest BCUT2D eigenvalue weighted by Crippen LogP contribution is -2.30. The molecule has 0 aliphatic carbocycles. The van der Waals surface area contributed by atoms with Gasteiger partial charge in [0.05, 0.1) is 6.54 Å². The topological polar surface area (TPSA) is 20.3 Å². The Morgan fingerprint density at radius 1 is 1.47 bits per heavy atom. The van der Waals surface area contributed by atoms with E-state index in [4.69, 9.17) is 0 Å². The van der Waals surface area contributed by atoms with Crippen LogP contribution in [0.4, 0.5) is 4.39 Å². The van der Waals surface area contributed by atoms with Gasteiger partial charge in [0.2, 0.25) is 0 Å². The fourth-order valence-electron chi connectivity index (χ4n) is 1.72. The molecule has 0 saturated carbocycles. The first-order chi connectivity index (χ1) is 8.02. The molecule has 0 bridgehead atoms. The summed E-state index contributed by atoms with van der Waals surface area (Å²) in [5.41, 5.74) is 0.445. The van der Waals surface area contributed by atoms with E-state index in [1.54, 1.807) is 12.1 Å². The number of benzene rings is 1. The monoisotopic (exact) mass is 237 g/mol. The zero-order valence-corrected chi connectivity index (χ0v) is 10.7. The lowest BCUT2D eigenvalue weighted by atomic mass is 10.1. The number of likely N-dealkylation sites (N-methyl/N-ethyl adjacent to an activating group) is 1. The second-order valence-electron chi connectivity index (χ2n) is 4.64. The lowest BCUT2D eigenvalue weighted by Gasteiger charge is -2.19. The summed E-state index contributed by atoms with van der Waals surface area (Å²) in [6.07, 6.45) is 1.10. The molecule has 2 nitrogen and oxygen atoms in total. The van der Waals surface area contributed by atoms with Crippen molar-refractivity contribution in [1.82, 2.24) is 4.90 Å². The molecular formula is C14H20FNO. The fourth-order valence-corrected chi connectivity index (χ4v) is 1.72. The van der Waals surface area contributed by atoms with Crippen molar-refractivity contribution in [2.24, 2.45) is 5.92 Å². The first-order valence-electron chi connectivity index (χ1n) is 6.00. The maximum absolute atomic E-state index is 13.0. The minimum absolute atomic E-state index is 0.0321. The molecule has 0 fully saturated rings. The van der Waals surface area contributed by atoms with Crippen LogP contribution in [0.25, 0.3) is 0 Å². The minimum Gasteiger partial charge on any atom is -0.299 e. The Balaban J connectivity index is 2.54. The number of ketones is 1. The number of rotatable bonds is 6. The fraction of sp³-hybridized carbons (Fsp3) is 0.500. The van der Waals surface area contributed by atoms with Gasteiger partial charge in [0, 0.05) is 12.1 Å². The Morgan fingerprint density at radius 2 is 2.18 bits per heavy atom. The van der Waals surface area contributed by atoms with E-state index in [0.717, 1.165) is 13.0 Å². The van der Waals surface area contributed by atoms with Gasteiger partial charge in [0.1, 0.15) is 5.82 Å². The van der Waals surface area contributed by atoms with Gasteiger partial charge < -0.3 is 0 Å². The van der Waals surface area contributed by atoms with Gasteiger partial charge in [-0.25, -0.2) is 4.39 Å². The summed E-state index contributed by atoms with van der Waals surface area (Å²) in [5.74, 6) is 0.177. The predicted molar refractivity (Wildman–Crippen MR) is 67.7 cm³/mol. The number of nitrogens with zero attached hydrogens (tertiary/aromatic N) is 1. The van der Waals surface area contributed by atoms with Gasteiger partial charge in [-0.1, -0.05) is 32.4 Å². The summed E-state index contributed by atoms with van der Waals surface area (Å²) in [4.78, 5) is 13.9. The molecule has 3 heteroatoms. The molecular weight excluding hydrogens is 217 g/mol. The predicted octanol–water partition coefficient (Wildman–Crippen LogP) is 2.99. The molecule has 1 aromatic carbocycles. The standard InChI is InChI=1S/C14H20FNO/c1-4-11(2)9-16(3)10-14(17)12-6-5-7-13(15)8-12/h5-8,11H,4,9-10H2,1-3H3. The Labute approximate surface area is 102 Å². The van der Waals surface area contributed by atoms with Crippen LogP contribution in [0, 0.1) is 11.7 Å². The third-order valence-corrected chi connectivity index (χ3v) is 2.88. The van der Waals surface area contributed by atoms with E-state index in [2.05, 4.69) is 13.8 Å². The third-order valence-electron chi connectivity index (χ3n) is 2.88. The molecule has 0 saturated heterocycles. The molecule has 1 unspecified atom stereocenters. The minimum atomic E-state index is -0.361. The highest BCUT2D eigenvalue weighted by molar-refractivity contribution is 5.97. The normalized spacial score (nSPS) is 12.8. The molecule has 1 aromatic rings. The van der Waals surface area contributed by atoms with Gasteiger partial charge in [-0.2, -0.15) is 0 Å². The molecule has 17 heavy (non-hydrogen) atoms. The van der Waals surface area contributed by atoms with Crippen LogP contribution in [-0.2, 0) is 0 Å². The van der Waals surface area contributed by atoms with Crippen molar-refractivity contribution in [2.45, 2.75) is 20.3 Å². The van der Waals surface area contributed by atoms with E-state index >= 15 is 0 Å². The highest BCUT2D eigenvalue weighted by Crippen LogP contribution is 2.07. The molecule has 0 spiro atoms. The van der Waals surface area contributed by atoms with Crippen molar-refractivity contribution in [2.75, 3.05) is 20.1 Å². The maximum atomic E-state index is 13.0. The van der Waals surface area contributed by atoms with Crippen molar-refractivity contribution in [3.8, 4) is 0 Å². The Hall–Kier alpha value is -1.22. The van der Waals surface area contributed by atoms with Gasteiger partial charge in [-0.15, -0.1) is 0 Å². The van der Waals surface area contributed by atoms with Crippen LogP contribution in [0.1, 0.15) is 30.6 Å². The molecule has 0 N–H and O–H groups in total. The number of Topliss-reactive ketones (excluding diaryl/α,β-unsaturated/α-hetero) is 1. The summed E-state index contributed by atoms with van der Waals surface area (Å²) in [6.45, 7) is 5.52. The molecule has 1 rings (SSSR count). The van der Waals surface area contributed by atoms with Gasteiger partial charge >= 0.3 is 0 Å². The van der Waals surface area contributed by atoms with Crippen molar-refractivity contribution in [3.05, 3.63) is 35.6 Å². The molecule has 0 amide bonds. The molecule has 0 aliphatic rings. The molecule has 0 aromatic heterocycles. The van der Waals surface area contributed by atoms with Crippen LogP contribution in [0.3, 0.4) is 0 Å². The zero-order valence-electron chi connectivity index (χ0n) is 10.7. The van der Waals surface area contributed by atoms with E-state index in [0.29, 0.717) is 18.0 Å². The van der Waals surface area contributed by atoms with Crippen LogP contribution in [0.15, 0.2) is 24.3 Å². The quantitative estimate of drug-likeness (QED) is 0.709. The van der Waals surface area contributed by atoms with Crippen LogP contribution < -0.4 is 0 Å². The first-order valence-corrected chi connectivity index (χ1v) is 6.00. The molecule has 1 atom stereocenters. The van der Waals surface area contributed by atoms with Crippen LogP contribution in [0.2, 0.25) is 0 Å². The molecule has 94 valence electrons.